The topological polar surface area (TPSA) is 62.7 Å². The first kappa shape index (κ1) is 23.6. The number of carbonyl (C=O) groups is 1. The average Bonchev–Trinajstić information content (AvgIpc) is 3.69. The summed E-state index contributed by atoms with van der Waals surface area (Å²) < 4.78 is 6.14. The van der Waals surface area contributed by atoms with Gasteiger partial charge in [-0.15, -0.1) is 0 Å². The van der Waals surface area contributed by atoms with Gasteiger partial charge in [-0.05, 0) is 62.3 Å². The molecule has 1 saturated heterocycles. The van der Waals surface area contributed by atoms with Gasteiger partial charge in [0, 0.05) is 31.1 Å². The highest BCUT2D eigenvalue weighted by Gasteiger charge is 2.46. The number of hydrogen-bond donors (Lipinski definition) is 1. The molecule has 5 heteroatoms. The Balaban J connectivity index is 1.31. The Kier molecular flexibility index (Phi) is 6.14. The zero-order chi connectivity index (χ0) is 24.6. The molecule has 2 atom stereocenters. The summed E-state index contributed by atoms with van der Waals surface area (Å²) in [6.45, 7) is 6.11. The number of ether oxygens (including phenoxy) is 1. The van der Waals surface area contributed by atoms with Gasteiger partial charge in [0.25, 0.3) is 0 Å². The molecule has 2 aromatic carbocycles. The summed E-state index contributed by atoms with van der Waals surface area (Å²) >= 11 is 0. The molecular formula is C30H34N2O3. The molecule has 2 heterocycles. The van der Waals surface area contributed by atoms with E-state index in [1.54, 1.807) is 18.7 Å². The lowest BCUT2D eigenvalue weighted by Crippen LogP contribution is -2.51. The third-order valence-electron chi connectivity index (χ3n) is 7.28. The highest BCUT2D eigenvalue weighted by atomic mass is 16.6. The minimum Gasteiger partial charge on any atom is -0.438 e. The van der Waals surface area contributed by atoms with Gasteiger partial charge in [0.05, 0.1) is 17.3 Å². The quantitative estimate of drug-likeness (QED) is 0.423. The number of cyclic esters (lactones) is 1. The van der Waals surface area contributed by atoms with Crippen molar-refractivity contribution in [1.29, 1.82) is 0 Å². The van der Waals surface area contributed by atoms with Crippen LogP contribution in [0.25, 0.3) is 11.3 Å². The van der Waals surface area contributed by atoms with Gasteiger partial charge in [-0.1, -0.05) is 60.7 Å². The maximum Gasteiger partial charge on any atom is 0.411 e. The van der Waals surface area contributed by atoms with Crippen LogP contribution in [0.1, 0.15) is 75.1 Å². The summed E-state index contributed by atoms with van der Waals surface area (Å²) in [5.74, 6) is 0.702. The molecule has 0 radical (unpaired) electrons. The van der Waals surface area contributed by atoms with Crippen molar-refractivity contribution in [1.82, 2.24) is 9.88 Å². The molecule has 5 nitrogen and oxygen atoms in total. The van der Waals surface area contributed by atoms with Gasteiger partial charge in [-0.25, -0.2) is 4.79 Å². The average molecular weight is 471 g/mol. The summed E-state index contributed by atoms with van der Waals surface area (Å²) in [5, 5.41) is 10.6. The molecule has 1 N–H and O–H groups in total. The van der Waals surface area contributed by atoms with Crippen molar-refractivity contribution in [3.05, 3.63) is 89.6 Å². The second-order valence-corrected chi connectivity index (χ2v) is 10.7. The molecule has 1 saturated carbocycles. The summed E-state index contributed by atoms with van der Waals surface area (Å²) in [6, 6.07) is 22.2. The van der Waals surface area contributed by atoms with Crippen LogP contribution in [0, 0.1) is 0 Å². The molecule has 3 aromatic rings. The number of amides is 1. The Morgan fingerprint density at radius 1 is 1.09 bits per heavy atom. The highest BCUT2D eigenvalue weighted by Crippen LogP contribution is 2.42. The molecule has 5 rings (SSSR count). The number of rotatable bonds is 7. The Labute approximate surface area is 207 Å². The van der Waals surface area contributed by atoms with Crippen LogP contribution in [0.4, 0.5) is 4.79 Å². The zero-order valence-corrected chi connectivity index (χ0v) is 20.8. The molecule has 2 aliphatic rings. The van der Waals surface area contributed by atoms with Crippen molar-refractivity contribution < 1.29 is 14.6 Å². The van der Waals surface area contributed by atoms with Crippen molar-refractivity contribution >= 4 is 6.09 Å². The number of benzene rings is 2. The number of pyridine rings is 1. The van der Waals surface area contributed by atoms with Crippen molar-refractivity contribution in [2.75, 3.05) is 6.54 Å². The van der Waals surface area contributed by atoms with E-state index in [4.69, 9.17) is 4.74 Å². The first-order valence-corrected chi connectivity index (χ1v) is 12.6. The first-order chi connectivity index (χ1) is 16.7. The fraction of sp³-hybridized carbons (Fsp3) is 0.400. The van der Waals surface area contributed by atoms with E-state index in [-0.39, 0.29) is 12.1 Å². The standard InChI is InChI=1S/C30H34N2O3/c1-21(22-9-13-24(14-10-22)27-16-15-25(19-31-27)23-11-12-23)32-18-17-30(35-28(32)33,20-29(2,3)34)26-7-5-4-6-8-26/h4-10,13-16,19,21,23,34H,11-12,17-18,20H2,1-3H3/t21-,30-/m0/s1. The number of aromatic nitrogens is 1. The smallest absolute Gasteiger partial charge is 0.411 e. The maximum absolute atomic E-state index is 13.3. The van der Waals surface area contributed by atoms with Crippen LogP contribution in [-0.4, -0.2) is 33.2 Å². The molecule has 35 heavy (non-hydrogen) atoms. The molecule has 0 spiro atoms. The largest absolute Gasteiger partial charge is 0.438 e. The lowest BCUT2D eigenvalue weighted by molar-refractivity contribution is -0.101. The predicted octanol–water partition coefficient (Wildman–Crippen LogP) is 6.59. The van der Waals surface area contributed by atoms with Crippen molar-refractivity contribution in [3.8, 4) is 11.3 Å². The minimum absolute atomic E-state index is 0.127. The molecule has 1 aliphatic carbocycles. The zero-order valence-electron chi connectivity index (χ0n) is 20.8. The van der Waals surface area contributed by atoms with Crippen LogP contribution >= 0.6 is 0 Å². The van der Waals surface area contributed by atoms with E-state index in [1.807, 2.05) is 43.5 Å². The van der Waals surface area contributed by atoms with Gasteiger partial charge < -0.3 is 14.7 Å². The SMILES string of the molecule is C[C@@H](c1ccc(-c2ccc(C3CC3)cn2)cc1)N1CC[C@](CC(C)(C)O)(c2ccccc2)OC1=O. The Hall–Kier alpha value is -3.18. The lowest BCUT2D eigenvalue weighted by Gasteiger charge is -2.45. The van der Waals surface area contributed by atoms with Crippen LogP contribution in [-0.2, 0) is 10.3 Å². The van der Waals surface area contributed by atoms with Gasteiger partial charge >= 0.3 is 6.09 Å². The van der Waals surface area contributed by atoms with E-state index in [9.17, 15) is 9.90 Å². The molecule has 2 fully saturated rings. The maximum atomic E-state index is 13.3. The van der Waals surface area contributed by atoms with Gasteiger partial charge in [0.2, 0.25) is 0 Å². The molecule has 0 unspecified atom stereocenters. The van der Waals surface area contributed by atoms with Crippen LogP contribution in [0.2, 0.25) is 0 Å². The van der Waals surface area contributed by atoms with E-state index in [0.717, 1.165) is 22.4 Å². The van der Waals surface area contributed by atoms with Crippen LogP contribution in [0.15, 0.2) is 72.9 Å². The van der Waals surface area contributed by atoms with Crippen LogP contribution in [0.5, 0.6) is 0 Å². The van der Waals surface area contributed by atoms with Gasteiger partial charge in [0.15, 0.2) is 0 Å². The number of aliphatic hydroxyl groups is 1. The Bertz CT molecular complexity index is 1160. The normalized spacial score (nSPS) is 21.5. The summed E-state index contributed by atoms with van der Waals surface area (Å²) in [6.07, 6.45) is 5.16. The molecule has 1 aliphatic heterocycles. The monoisotopic (exact) mass is 470 g/mol. The molecule has 1 aromatic heterocycles. The van der Waals surface area contributed by atoms with Gasteiger partial charge in [-0.3, -0.25) is 4.98 Å². The predicted molar refractivity (Wildman–Crippen MR) is 137 cm³/mol. The first-order valence-electron chi connectivity index (χ1n) is 12.6. The third kappa shape index (κ3) is 5.10. The van der Waals surface area contributed by atoms with Crippen LogP contribution < -0.4 is 0 Å². The third-order valence-corrected chi connectivity index (χ3v) is 7.28. The second kappa shape index (κ2) is 9.12. The van der Waals surface area contributed by atoms with E-state index >= 15 is 0 Å². The highest BCUT2D eigenvalue weighted by molar-refractivity contribution is 5.70. The summed E-state index contributed by atoms with van der Waals surface area (Å²) in [4.78, 5) is 19.7. The number of hydrogen-bond acceptors (Lipinski definition) is 4. The number of nitrogens with zero attached hydrogens (tertiary/aromatic N) is 2. The summed E-state index contributed by atoms with van der Waals surface area (Å²) in [5.41, 5.74) is 3.53. The number of carbonyl (C=O) groups excluding carboxylic acids is 1. The fourth-order valence-electron chi connectivity index (χ4n) is 5.24. The van der Waals surface area contributed by atoms with E-state index in [0.29, 0.717) is 25.3 Å². The molecule has 1 amide bonds. The Morgan fingerprint density at radius 3 is 2.37 bits per heavy atom. The van der Waals surface area contributed by atoms with E-state index in [1.165, 1.54) is 18.4 Å². The summed E-state index contributed by atoms with van der Waals surface area (Å²) in [7, 11) is 0. The van der Waals surface area contributed by atoms with Crippen molar-refractivity contribution in [2.45, 2.75) is 69.6 Å². The fourth-order valence-corrected chi connectivity index (χ4v) is 5.24. The molecule has 182 valence electrons. The van der Waals surface area contributed by atoms with Gasteiger partial charge in [0.1, 0.15) is 5.60 Å². The van der Waals surface area contributed by atoms with Gasteiger partial charge in [-0.2, -0.15) is 0 Å². The van der Waals surface area contributed by atoms with Crippen molar-refractivity contribution in [3.63, 3.8) is 0 Å². The molecular weight excluding hydrogens is 436 g/mol. The lowest BCUT2D eigenvalue weighted by atomic mass is 9.80. The van der Waals surface area contributed by atoms with Crippen LogP contribution in [0.3, 0.4) is 0 Å². The minimum atomic E-state index is -0.968. The Morgan fingerprint density at radius 2 is 1.80 bits per heavy atom. The second-order valence-electron chi connectivity index (χ2n) is 10.7. The van der Waals surface area contributed by atoms with Crippen molar-refractivity contribution in [2.24, 2.45) is 0 Å². The van der Waals surface area contributed by atoms with E-state index in [2.05, 4.69) is 41.4 Å². The molecule has 0 bridgehead atoms. The van der Waals surface area contributed by atoms with E-state index < -0.39 is 11.2 Å².